The Morgan fingerprint density at radius 2 is 1.87 bits per heavy atom. The average Bonchev–Trinajstić information content (AvgIpc) is 2.38. The minimum absolute atomic E-state index is 0.0899. The molecule has 0 aromatic carbocycles. The van der Waals surface area contributed by atoms with Crippen LogP contribution in [0, 0.1) is 13.8 Å². The zero-order valence-corrected chi connectivity index (χ0v) is 10.00. The number of hydrogen-bond acceptors (Lipinski definition) is 2. The minimum Gasteiger partial charge on any atom is -0.234 e. The van der Waals surface area contributed by atoms with Crippen molar-refractivity contribution in [3.8, 4) is 0 Å². The molecule has 2 aromatic rings. The molecule has 3 heteroatoms. The Balaban J connectivity index is 2.82. The molecule has 2 aromatic heterocycles. The lowest BCUT2D eigenvalue weighted by Gasteiger charge is -2.17. The standard InChI is InChI=1S/C12H17N3/c1-8-6-7-15-11(13-8)10(9(2)14-15)12(3,4)5/h6-7H,1-5H3. The van der Waals surface area contributed by atoms with E-state index in [1.165, 1.54) is 5.56 Å². The monoisotopic (exact) mass is 203 g/mol. The lowest BCUT2D eigenvalue weighted by Crippen LogP contribution is -2.12. The van der Waals surface area contributed by atoms with Crippen LogP contribution >= 0.6 is 0 Å². The Bertz CT molecular complexity index is 503. The summed E-state index contributed by atoms with van der Waals surface area (Å²) in [4.78, 5) is 4.56. The fourth-order valence-corrected chi connectivity index (χ4v) is 2.01. The first kappa shape index (κ1) is 10.1. The van der Waals surface area contributed by atoms with Gasteiger partial charge in [-0.25, -0.2) is 9.50 Å². The first-order valence-corrected chi connectivity index (χ1v) is 5.22. The summed E-state index contributed by atoms with van der Waals surface area (Å²) in [6, 6.07) is 1.98. The predicted octanol–water partition coefficient (Wildman–Crippen LogP) is 2.64. The second-order valence-electron chi connectivity index (χ2n) is 5.05. The molecular formula is C12H17N3. The van der Waals surface area contributed by atoms with Crippen LogP contribution in [0.1, 0.15) is 37.7 Å². The first-order valence-electron chi connectivity index (χ1n) is 5.22. The van der Waals surface area contributed by atoms with Gasteiger partial charge in [-0.15, -0.1) is 0 Å². The summed E-state index contributed by atoms with van der Waals surface area (Å²) in [5, 5.41) is 4.47. The van der Waals surface area contributed by atoms with Crippen LogP contribution in [-0.2, 0) is 5.41 Å². The Hall–Kier alpha value is -1.38. The Morgan fingerprint density at radius 1 is 1.20 bits per heavy atom. The van der Waals surface area contributed by atoms with Gasteiger partial charge in [0.1, 0.15) is 0 Å². The predicted molar refractivity (Wildman–Crippen MR) is 61.2 cm³/mol. The summed E-state index contributed by atoms with van der Waals surface area (Å²) >= 11 is 0. The highest BCUT2D eigenvalue weighted by Gasteiger charge is 2.23. The van der Waals surface area contributed by atoms with Crippen molar-refractivity contribution in [1.29, 1.82) is 0 Å². The summed E-state index contributed by atoms with van der Waals surface area (Å²) in [6.07, 6.45) is 1.97. The molecule has 0 N–H and O–H groups in total. The fourth-order valence-electron chi connectivity index (χ4n) is 2.01. The highest BCUT2D eigenvalue weighted by Crippen LogP contribution is 2.28. The van der Waals surface area contributed by atoms with Crippen LogP contribution in [0.4, 0.5) is 0 Å². The van der Waals surface area contributed by atoms with Crippen LogP contribution in [0.2, 0.25) is 0 Å². The maximum Gasteiger partial charge on any atom is 0.159 e. The van der Waals surface area contributed by atoms with Gasteiger partial charge in [0.05, 0.1) is 5.69 Å². The van der Waals surface area contributed by atoms with Gasteiger partial charge in [-0.05, 0) is 25.3 Å². The molecule has 0 spiro atoms. The Kier molecular flexibility index (Phi) is 2.07. The van der Waals surface area contributed by atoms with Crippen molar-refractivity contribution in [2.75, 3.05) is 0 Å². The fraction of sp³-hybridized carbons (Fsp3) is 0.500. The van der Waals surface area contributed by atoms with E-state index in [9.17, 15) is 0 Å². The summed E-state index contributed by atoms with van der Waals surface area (Å²) < 4.78 is 1.86. The van der Waals surface area contributed by atoms with Crippen LogP contribution in [-0.4, -0.2) is 14.6 Å². The molecule has 0 bridgehead atoms. The number of aryl methyl sites for hydroxylation is 2. The summed E-state index contributed by atoms with van der Waals surface area (Å²) in [5.74, 6) is 0. The molecule has 0 aliphatic rings. The van der Waals surface area contributed by atoms with Gasteiger partial charge < -0.3 is 0 Å². The molecule has 2 heterocycles. The van der Waals surface area contributed by atoms with Crippen LogP contribution in [0.25, 0.3) is 5.65 Å². The van der Waals surface area contributed by atoms with Gasteiger partial charge >= 0.3 is 0 Å². The van der Waals surface area contributed by atoms with Crippen molar-refractivity contribution in [3.63, 3.8) is 0 Å². The van der Waals surface area contributed by atoms with Crippen LogP contribution in [0.5, 0.6) is 0 Å². The van der Waals surface area contributed by atoms with Crippen LogP contribution < -0.4 is 0 Å². The van der Waals surface area contributed by atoms with E-state index in [1.54, 1.807) is 0 Å². The van der Waals surface area contributed by atoms with Gasteiger partial charge in [-0.3, -0.25) is 0 Å². The third-order valence-electron chi connectivity index (χ3n) is 2.55. The molecule has 0 unspecified atom stereocenters. The molecule has 0 amide bonds. The van der Waals surface area contributed by atoms with E-state index in [4.69, 9.17) is 0 Å². The third kappa shape index (κ3) is 1.62. The second kappa shape index (κ2) is 3.05. The zero-order chi connectivity index (χ0) is 11.2. The van der Waals surface area contributed by atoms with E-state index in [0.29, 0.717) is 0 Å². The molecule has 80 valence electrons. The molecule has 0 saturated heterocycles. The van der Waals surface area contributed by atoms with E-state index in [-0.39, 0.29) is 5.41 Å². The number of aromatic nitrogens is 3. The van der Waals surface area contributed by atoms with E-state index in [0.717, 1.165) is 17.0 Å². The minimum atomic E-state index is 0.0899. The number of nitrogens with zero attached hydrogens (tertiary/aromatic N) is 3. The van der Waals surface area contributed by atoms with Gasteiger partial charge in [-0.1, -0.05) is 20.8 Å². The molecule has 0 radical (unpaired) electrons. The largest absolute Gasteiger partial charge is 0.234 e. The van der Waals surface area contributed by atoms with E-state index < -0.39 is 0 Å². The van der Waals surface area contributed by atoms with E-state index in [1.807, 2.05) is 30.6 Å². The topological polar surface area (TPSA) is 30.2 Å². The number of fused-ring (bicyclic) bond motifs is 1. The molecule has 2 rings (SSSR count). The maximum absolute atomic E-state index is 4.56. The quantitative estimate of drug-likeness (QED) is 0.659. The lowest BCUT2D eigenvalue weighted by atomic mass is 9.87. The van der Waals surface area contributed by atoms with Gasteiger partial charge in [0.15, 0.2) is 5.65 Å². The molecule has 0 aliphatic heterocycles. The summed E-state index contributed by atoms with van der Waals surface area (Å²) in [6.45, 7) is 10.6. The molecule has 3 nitrogen and oxygen atoms in total. The molecule has 0 fully saturated rings. The lowest BCUT2D eigenvalue weighted by molar-refractivity contribution is 0.590. The van der Waals surface area contributed by atoms with Crippen molar-refractivity contribution in [1.82, 2.24) is 14.6 Å². The molecule has 0 aliphatic carbocycles. The van der Waals surface area contributed by atoms with Crippen molar-refractivity contribution in [2.24, 2.45) is 0 Å². The van der Waals surface area contributed by atoms with Crippen LogP contribution in [0.3, 0.4) is 0 Å². The van der Waals surface area contributed by atoms with E-state index >= 15 is 0 Å². The zero-order valence-electron chi connectivity index (χ0n) is 10.00. The normalized spacial score (nSPS) is 12.3. The molecule has 15 heavy (non-hydrogen) atoms. The molecular weight excluding hydrogens is 186 g/mol. The van der Waals surface area contributed by atoms with Crippen molar-refractivity contribution in [2.45, 2.75) is 40.0 Å². The van der Waals surface area contributed by atoms with Crippen LogP contribution in [0.15, 0.2) is 12.3 Å². The second-order valence-corrected chi connectivity index (χ2v) is 5.05. The number of hydrogen-bond donors (Lipinski definition) is 0. The van der Waals surface area contributed by atoms with Gasteiger partial charge in [0.25, 0.3) is 0 Å². The molecule has 0 atom stereocenters. The summed E-state index contributed by atoms with van der Waals surface area (Å²) in [7, 11) is 0. The molecule has 0 saturated carbocycles. The third-order valence-corrected chi connectivity index (χ3v) is 2.55. The Labute approximate surface area is 90.1 Å². The van der Waals surface area contributed by atoms with Gasteiger partial charge in [0.2, 0.25) is 0 Å². The van der Waals surface area contributed by atoms with E-state index in [2.05, 4.69) is 30.9 Å². The SMILES string of the molecule is Cc1ccn2nc(C)c(C(C)(C)C)c2n1. The highest BCUT2D eigenvalue weighted by molar-refractivity contribution is 5.53. The average molecular weight is 203 g/mol. The van der Waals surface area contributed by atoms with Crippen molar-refractivity contribution >= 4 is 5.65 Å². The van der Waals surface area contributed by atoms with Gasteiger partial charge in [-0.2, -0.15) is 5.10 Å². The van der Waals surface area contributed by atoms with Gasteiger partial charge in [0, 0.05) is 17.5 Å². The number of rotatable bonds is 0. The van der Waals surface area contributed by atoms with Crippen molar-refractivity contribution < 1.29 is 0 Å². The Morgan fingerprint density at radius 3 is 2.47 bits per heavy atom. The van der Waals surface area contributed by atoms with Crippen molar-refractivity contribution in [3.05, 3.63) is 29.2 Å². The smallest absolute Gasteiger partial charge is 0.159 e. The highest BCUT2D eigenvalue weighted by atomic mass is 15.2. The summed E-state index contributed by atoms with van der Waals surface area (Å²) in [5.41, 5.74) is 4.42. The maximum atomic E-state index is 4.56. The first-order chi connectivity index (χ1) is 6.89.